The van der Waals surface area contributed by atoms with Crippen LogP contribution >= 0.6 is 0 Å². The Balaban J connectivity index is 1.95. The van der Waals surface area contributed by atoms with E-state index in [1.54, 1.807) is 6.92 Å². The second-order valence-corrected chi connectivity index (χ2v) is 11.4. The highest BCUT2D eigenvalue weighted by Crippen LogP contribution is 2.33. The average Bonchev–Trinajstić information content (AvgIpc) is 2.94. The second kappa shape index (κ2) is 12.9. The van der Waals surface area contributed by atoms with Crippen LogP contribution < -0.4 is 16.2 Å². The number of aromatic nitrogens is 3. The van der Waals surface area contributed by atoms with Crippen LogP contribution in [0.15, 0.2) is 47.3 Å². The maximum atomic E-state index is 15.3. The summed E-state index contributed by atoms with van der Waals surface area (Å²) < 4.78 is 46.2. The molecule has 11 heteroatoms. The summed E-state index contributed by atoms with van der Waals surface area (Å²) >= 11 is 0. The molecule has 0 aliphatic heterocycles. The maximum Gasteiger partial charge on any atom is 0.256 e. The van der Waals surface area contributed by atoms with E-state index < -0.39 is 40.1 Å². The fourth-order valence-corrected chi connectivity index (χ4v) is 4.83. The second-order valence-electron chi connectivity index (χ2n) is 11.4. The van der Waals surface area contributed by atoms with Crippen molar-refractivity contribution in [3.05, 3.63) is 81.4 Å². The van der Waals surface area contributed by atoms with Gasteiger partial charge in [-0.15, -0.1) is 0 Å². The van der Waals surface area contributed by atoms with Gasteiger partial charge in [-0.25, -0.2) is 18.2 Å². The first-order valence-corrected chi connectivity index (χ1v) is 14.3. The highest BCUT2D eigenvalue weighted by Gasteiger charge is 2.23. The van der Waals surface area contributed by atoms with Crippen molar-refractivity contribution in [2.45, 2.75) is 53.5 Å². The molecule has 43 heavy (non-hydrogen) atoms. The highest BCUT2D eigenvalue weighted by atomic mass is 19.1. The summed E-state index contributed by atoms with van der Waals surface area (Å²) in [4.78, 5) is 37.6. The number of pyridine rings is 1. The molecule has 0 bridgehead atoms. The van der Waals surface area contributed by atoms with Crippen molar-refractivity contribution in [1.82, 2.24) is 24.8 Å². The molecule has 4 aromatic rings. The Bertz CT molecular complexity index is 1690. The van der Waals surface area contributed by atoms with Crippen LogP contribution in [-0.2, 0) is 0 Å². The molecule has 8 nitrogen and oxygen atoms in total. The number of hydrogen-bond donors (Lipinski definition) is 2. The molecular weight excluding hydrogens is 557 g/mol. The first-order valence-electron chi connectivity index (χ1n) is 14.3. The summed E-state index contributed by atoms with van der Waals surface area (Å²) in [5.74, 6) is -2.93. The first kappa shape index (κ1) is 31.7. The van der Waals surface area contributed by atoms with E-state index in [0.29, 0.717) is 6.54 Å². The lowest BCUT2D eigenvalue weighted by Gasteiger charge is -2.21. The van der Waals surface area contributed by atoms with Gasteiger partial charge in [-0.05, 0) is 89.6 Å². The molecule has 2 aromatic heterocycles. The van der Waals surface area contributed by atoms with E-state index >= 15 is 4.39 Å². The van der Waals surface area contributed by atoms with Gasteiger partial charge >= 0.3 is 0 Å². The van der Waals surface area contributed by atoms with E-state index in [9.17, 15) is 18.4 Å². The van der Waals surface area contributed by atoms with Crippen LogP contribution in [0.2, 0.25) is 0 Å². The molecule has 0 radical (unpaired) electrons. The van der Waals surface area contributed by atoms with Crippen LogP contribution in [0.4, 0.5) is 19.1 Å². The van der Waals surface area contributed by atoms with Gasteiger partial charge in [-0.1, -0.05) is 19.9 Å². The van der Waals surface area contributed by atoms with E-state index in [4.69, 9.17) is 0 Å². The summed E-state index contributed by atoms with van der Waals surface area (Å²) in [6.07, 6.45) is 0.748. The lowest BCUT2D eigenvalue weighted by atomic mass is 9.98. The smallest absolute Gasteiger partial charge is 0.256 e. The lowest BCUT2D eigenvalue weighted by molar-refractivity contribution is 0.0919. The highest BCUT2D eigenvalue weighted by molar-refractivity contribution is 5.98. The van der Waals surface area contributed by atoms with Crippen molar-refractivity contribution in [3.8, 4) is 16.9 Å². The zero-order valence-electron chi connectivity index (χ0n) is 25.3. The molecule has 2 aromatic carbocycles. The minimum absolute atomic E-state index is 0.0713. The van der Waals surface area contributed by atoms with Gasteiger partial charge in [0.25, 0.3) is 11.5 Å². The number of hydrogen-bond acceptors (Lipinski definition) is 6. The number of nitrogens with one attached hydrogen (secondary N) is 2. The summed E-state index contributed by atoms with van der Waals surface area (Å²) in [5, 5.41) is 6.23. The Morgan fingerprint density at radius 1 is 0.977 bits per heavy atom. The average molecular weight is 595 g/mol. The third-order valence-corrected chi connectivity index (χ3v) is 7.09. The first-order chi connectivity index (χ1) is 20.3. The minimum atomic E-state index is -0.952. The number of para-hydroxylation sites is 1. The lowest BCUT2D eigenvalue weighted by Crippen LogP contribution is -2.40. The maximum absolute atomic E-state index is 15.3. The zero-order chi connectivity index (χ0) is 31.5. The SMILES string of the molecule is CCN(CC)CCCNc1nc(-c2cc(C(=O)NC(C)(C)C)cc(F)c2C)c2ccc(=O)n(-c3c(F)cccc3F)c2n1. The predicted molar refractivity (Wildman–Crippen MR) is 163 cm³/mol. The van der Waals surface area contributed by atoms with Crippen molar-refractivity contribution in [1.29, 1.82) is 0 Å². The number of carbonyl (C=O) groups excluding carboxylic acids is 1. The Labute approximate surface area is 249 Å². The van der Waals surface area contributed by atoms with Gasteiger partial charge in [-0.3, -0.25) is 14.2 Å². The quantitative estimate of drug-likeness (QED) is 0.224. The summed E-state index contributed by atoms with van der Waals surface area (Å²) in [6.45, 7) is 14.2. The summed E-state index contributed by atoms with van der Waals surface area (Å²) in [6, 6.07) is 8.56. The van der Waals surface area contributed by atoms with Gasteiger partial charge < -0.3 is 15.5 Å². The van der Waals surface area contributed by atoms with Crippen LogP contribution in [0, 0.1) is 24.4 Å². The number of anilines is 1. The number of benzene rings is 2. The zero-order valence-corrected chi connectivity index (χ0v) is 25.3. The van der Waals surface area contributed by atoms with Gasteiger partial charge in [0.15, 0.2) is 5.65 Å². The van der Waals surface area contributed by atoms with Gasteiger partial charge in [0.1, 0.15) is 23.1 Å². The van der Waals surface area contributed by atoms with Gasteiger partial charge in [0.05, 0.1) is 5.69 Å². The molecule has 228 valence electrons. The Kier molecular flexibility index (Phi) is 9.54. The normalized spacial score (nSPS) is 11.8. The van der Waals surface area contributed by atoms with Gasteiger partial charge in [0, 0.05) is 34.7 Å². The van der Waals surface area contributed by atoms with Crippen molar-refractivity contribution in [2.75, 3.05) is 31.5 Å². The van der Waals surface area contributed by atoms with Crippen molar-refractivity contribution >= 4 is 22.9 Å². The molecular formula is C32H37F3N6O2. The molecule has 0 atom stereocenters. The van der Waals surface area contributed by atoms with E-state index in [1.807, 2.05) is 20.8 Å². The molecule has 4 rings (SSSR count). The monoisotopic (exact) mass is 594 g/mol. The standard InChI is InChI=1S/C32H37F3N6O2/c1-7-40(8-2)16-10-15-36-31-37-27(22-17-20(18-25(35)19(22)3)30(43)39-32(4,5)6)21-13-14-26(42)41(29(21)38-31)28-23(33)11-9-12-24(28)34/h9,11-14,17-18H,7-8,10,15-16H2,1-6H3,(H,39,43)(H,36,37,38). The van der Waals surface area contributed by atoms with Gasteiger partial charge in [0.2, 0.25) is 5.95 Å². The third kappa shape index (κ3) is 7.05. The molecule has 0 aliphatic carbocycles. The predicted octanol–water partition coefficient (Wildman–Crippen LogP) is 5.85. The Morgan fingerprint density at radius 3 is 2.28 bits per heavy atom. The van der Waals surface area contributed by atoms with Crippen LogP contribution in [0.5, 0.6) is 0 Å². The van der Waals surface area contributed by atoms with Crippen LogP contribution in [0.1, 0.15) is 57.0 Å². The molecule has 0 saturated carbocycles. The molecule has 0 spiro atoms. The third-order valence-electron chi connectivity index (χ3n) is 7.09. The number of amides is 1. The van der Waals surface area contributed by atoms with Crippen LogP contribution in [0.25, 0.3) is 28.0 Å². The molecule has 2 N–H and O–H groups in total. The van der Waals surface area contributed by atoms with Crippen LogP contribution in [-0.4, -0.2) is 57.1 Å². The number of halogens is 3. The van der Waals surface area contributed by atoms with E-state index in [2.05, 4.69) is 39.3 Å². The van der Waals surface area contributed by atoms with Crippen LogP contribution in [0.3, 0.4) is 0 Å². The summed E-state index contributed by atoms with van der Waals surface area (Å²) in [5.41, 5.74) is -1.19. The summed E-state index contributed by atoms with van der Waals surface area (Å²) in [7, 11) is 0. The van der Waals surface area contributed by atoms with Crippen molar-refractivity contribution in [3.63, 3.8) is 0 Å². The fourth-order valence-electron chi connectivity index (χ4n) is 4.83. The molecule has 0 saturated heterocycles. The number of fused-ring (bicyclic) bond motifs is 1. The number of carbonyl (C=O) groups is 1. The van der Waals surface area contributed by atoms with E-state index in [0.717, 1.165) is 54.9 Å². The molecule has 2 heterocycles. The molecule has 0 unspecified atom stereocenters. The van der Waals surface area contributed by atoms with Crippen molar-refractivity contribution in [2.24, 2.45) is 0 Å². The minimum Gasteiger partial charge on any atom is -0.354 e. The van der Waals surface area contributed by atoms with Crippen molar-refractivity contribution < 1.29 is 18.0 Å². The van der Waals surface area contributed by atoms with Gasteiger partial charge in [-0.2, -0.15) is 4.98 Å². The largest absolute Gasteiger partial charge is 0.354 e. The van der Waals surface area contributed by atoms with E-state index in [1.165, 1.54) is 18.2 Å². The molecule has 1 amide bonds. The Hall–Kier alpha value is -4.25. The topological polar surface area (TPSA) is 92.2 Å². The fraction of sp³-hybridized carbons (Fsp3) is 0.375. The molecule has 0 aliphatic rings. The molecule has 0 fully saturated rings. The number of rotatable bonds is 10. The Morgan fingerprint density at radius 2 is 1.65 bits per heavy atom. The van der Waals surface area contributed by atoms with E-state index in [-0.39, 0.29) is 39.4 Å². The number of nitrogens with zero attached hydrogens (tertiary/aromatic N) is 4.